The predicted molar refractivity (Wildman–Crippen MR) is 73.8 cm³/mol. The average Bonchev–Trinajstić information content (AvgIpc) is 2.28. The summed E-state index contributed by atoms with van der Waals surface area (Å²) < 4.78 is 0. The van der Waals surface area contributed by atoms with Crippen LogP contribution in [0.15, 0.2) is 30.5 Å². The first-order valence-electron chi connectivity index (χ1n) is 5.07. The van der Waals surface area contributed by atoms with Crippen molar-refractivity contribution in [2.45, 2.75) is 11.8 Å². The number of benzene rings is 1. The highest BCUT2D eigenvalue weighted by Crippen LogP contribution is 2.26. The van der Waals surface area contributed by atoms with Crippen molar-refractivity contribution >= 4 is 50.0 Å². The van der Waals surface area contributed by atoms with Gasteiger partial charge in [0, 0.05) is 16.6 Å². The fourth-order valence-corrected chi connectivity index (χ4v) is 1.82. The maximum Gasteiger partial charge on any atom is 0.237 e. The van der Waals surface area contributed by atoms with Crippen molar-refractivity contribution in [2.75, 3.05) is 5.32 Å². The number of fused-ring (bicyclic) bond motifs is 1. The Morgan fingerprint density at radius 2 is 2.29 bits per heavy atom. The molecule has 1 N–H and O–H groups in total. The molecule has 1 atom stereocenters. The molecule has 88 valence electrons. The molecule has 0 radical (unpaired) electrons. The predicted octanol–water partition coefficient (Wildman–Crippen LogP) is 3.61. The van der Waals surface area contributed by atoms with Crippen LogP contribution in [-0.4, -0.2) is 15.7 Å². The molecule has 0 spiro atoms. The van der Waals surface area contributed by atoms with Crippen LogP contribution in [-0.2, 0) is 4.79 Å². The van der Waals surface area contributed by atoms with E-state index in [2.05, 4.69) is 26.2 Å². The smallest absolute Gasteiger partial charge is 0.237 e. The standard InChI is InChI=1S/C12H10BrClN2O/c1-7(13)12(17)16-10-6-9(14)5-8-3-2-4-15-11(8)10/h2-7H,1H3,(H,16,17). The third kappa shape index (κ3) is 2.76. The fourth-order valence-electron chi connectivity index (χ4n) is 1.48. The number of halogens is 2. The summed E-state index contributed by atoms with van der Waals surface area (Å²) in [6.45, 7) is 1.76. The van der Waals surface area contributed by atoms with Gasteiger partial charge in [0.15, 0.2) is 0 Å². The number of anilines is 1. The largest absolute Gasteiger partial charge is 0.323 e. The van der Waals surface area contributed by atoms with E-state index in [1.807, 2.05) is 18.2 Å². The lowest BCUT2D eigenvalue weighted by Gasteiger charge is -2.09. The molecule has 5 heteroatoms. The second-order valence-corrected chi connectivity index (χ2v) is 5.44. The molecule has 0 saturated carbocycles. The summed E-state index contributed by atoms with van der Waals surface area (Å²) in [4.78, 5) is 15.6. The van der Waals surface area contributed by atoms with Gasteiger partial charge in [-0.3, -0.25) is 9.78 Å². The first-order chi connectivity index (χ1) is 8.08. The highest BCUT2D eigenvalue weighted by Gasteiger charge is 2.11. The topological polar surface area (TPSA) is 42.0 Å². The molecular weight excluding hydrogens is 304 g/mol. The SMILES string of the molecule is CC(Br)C(=O)Nc1cc(Cl)cc2cccnc12. The van der Waals surface area contributed by atoms with E-state index in [1.54, 1.807) is 19.2 Å². The van der Waals surface area contributed by atoms with Crippen molar-refractivity contribution < 1.29 is 4.79 Å². The van der Waals surface area contributed by atoms with Crippen LogP contribution in [0.25, 0.3) is 10.9 Å². The summed E-state index contributed by atoms with van der Waals surface area (Å²) >= 11 is 9.21. The van der Waals surface area contributed by atoms with E-state index < -0.39 is 0 Å². The second kappa shape index (κ2) is 5.02. The van der Waals surface area contributed by atoms with Crippen molar-refractivity contribution in [1.82, 2.24) is 4.98 Å². The van der Waals surface area contributed by atoms with Crippen LogP contribution in [0.4, 0.5) is 5.69 Å². The highest BCUT2D eigenvalue weighted by atomic mass is 79.9. The lowest BCUT2D eigenvalue weighted by atomic mass is 10.2. The van der Waals surface area contributed by atoms with Crippen molar-refractivity contribution in [2.24, 2.45) is 0 Å². The Morgan fingerprint density at radius 1 is 1.53 bits per heavy atom. The van der Waals surface area contributed by atoms with Crippen LogP contribution >= 0.6 is 27.5 Å². The Kier molecular flexibility index (Phi) is 3.64. The minimum absolute atomic E-state index is 0.126. The molecule has 0 aliphatic heterocycles. The molecule has 1 amide bonds. The van der Waals surface area contributed by atoms with E-state index >= 15 is 0 Å². The Hall–Kier alpha value is -1.13. The van der Waals surface area contributed by atoms with Crippen LogP contribution in [0.5, 0.6) is 0 Å². The first-order valence-corrected chi connectivity index (χ1v) is 6.36. The molecule has 0 saturated heterocycles. The zero-order chi connectivity index (χ0) is 12.4. The Bertz CT molecular complexity index is 571. The number of amides is 1. The van der Waals surface area contributed by atoms with E-state index in [0.717, 1.165) is 10.9 Å². The zero-order valence-corrected chi connectivity index (χ0v) is 11.4. The van der Waals surface area contributed by atoms with Gasteiger partial charge in [-0.15, -0.1) is 0 Å². The molecule has 1 aromatic carbocycles. The number of carbonyl (C=O) groups is 1. The van der Waals surface area contributed by atoms with E-state index in [9.17, 15) is 4.79 Å². The maximum atomic E-state index is 11.6. The van der Waals surface area contributed by atoms with Gasteiger partial charge in [-0.25, -0.2) is 0 Å². The molecule has 2 rings (SSSR count). The molecule has 0 bridgehead atoms. The number of nitrogens with one attached hydrogen (secondary N) is 1. The van der Waals surface area contributed by atoms with E-state index in [4.69, 9.17) is 11.6 Å². The molecule has 1 aromatic heterocycles. The minimum atomic E-state index is -0.264. The maximum absolute atomic E-state index is 11.6. The van der Waals surface area contributed by atoms with Crippen molar-refractivity contribution in [1.29, 1.82) is 0 Å². The lowest BCUT2D eigenvalue weighted by molar-refractivity contribution is -0.115. The van der Waals surface area contributed by atoms with Crippen molar-refractivity contribution in [3.63, 3.8) is 0 Å². The fraction of sp³-hybridized carbons (Fsp3) is 0.167. The molecule has 0 aliphatic rings. The number of alkyl halides is 1. The molecule has 17 heavy (non-hydrogen) atoms. The molecule has 3 nitrogen and oxygen atoms in total. The lowest BCUT2D eigenvalue weighted by Crippen LogP contribution is -2.20. The molecule has 1 unspecified atom stereocenters. The van der Waals surface area contributed by atoms with Crippen molar-refractivity contribution in [3.05, 3.63) is 35.5 Å². The van der Waals surface area contributed by atoms with Gasteiger partial charge in [-0.2, -0.15) is 0 Å². The number of nitrogens with zero attached hydrogens (tertiary/aromatic N) is 1. The first kappa shape index (κ1) is 12.3. The normalized spacial score (nSPS) is 12.4. The molecular formula is C12H10BrClN2O. The van der Waals surface area contributed by atoms with E-state index in [0.29, 0.717) is 10.7 Å². The van der Waals surface area contributed by atoms with Crippen LogP contribution in [0.3, 0.4) is 0 Å². The van der Waals surface area contributed by atoms with Crippen LogP contribution < -0.4 is 5.32 Å². The summed E-state index contributed by atoms with van der Waals surface area (Å²) in [6, 6.07) is 7.25. The van der Waals surface area contributed by atoms with Gasteiger partial charge in [0.1, 0.15) is 0 Å². The summed E-state index contributed by atoms with van der Waals surface area (Å²) in [6.07, 6.45) is 1.68. The van der Waals surface area contributed by atoms with Gasteiger partial charge in [-0.05, 0) is 25.1 Å². The molecule has 0 fully saturated rings. The van der Waals surface area contributed by atoms with Gasteiger partial charge in [0.05, 0.1) is 16.0 Å². The van der Waals surface area contributed by atoms with Gasteiger partial charge in [0.25, 0.3) is 0 Å². The van der Waals surface area contributed by atoms with Crippen molar-refractivity contribution in [3.8, 4) is 0 Å². The minimum Gasteiger partial charge on any atom is -0.323 e. The third-order valence-electron chi connectivity index (χ3n) is 2.29. The highest BCUT2D eigenvalue weighted by molar-refractivity contribution is 9.10. The van der Waals surface area contributed by atoms with E-state index in [1.165, 1.54) is 0 Å². The van der Waals surface area contributed by atoms with Gasteiger partial charge in [0.2, 0.25) is 5.91 Å². The average molecular weight is 314 g/mol. The van der Waals surface area contributed by atoms with Crippen LogP contribution in [0, 0.1) is 0 Å². The van der Waals surface area contributed by atoms with Gasteiger partial charge >= 0.3 is 0 Å². The number of carbonyl (C=O) groups excluding carboxylic acids is 1. The van der Waals surface area contributed by atoms with Crippen LogP contribution in [0.2, 0.25) is 5.02 Å². The summed E-state index contributed by atoms with van der Waals surface area (Å²) in [7, 11) is 0. The second-order valence-electron chi connectivity index (χ2n) is 3.63. The third-order valence-corrected chi connectivity index (χ3v) is 2.92. The number of aromatic nitrogens is 1. The van der Waals surface area contributed by atoms with Crippen LogP contribution in [0.1, 0.15) is 6.92 Å². The molecule has 0 aliphatic carbocycles. The summed E-state index contributed by atoms with van der Waals surface area (Å²) in [5, 5.41) is 4.27. The zero-order valence-electron chi connectivity index (χ0n) is 9.08. The Morgan fingerprint density at radius 3 is 3.00 bits per heavy atom. The number of pyridine rings is 1. The number of rotatable bonds is 2. The molecule has 2 aromatic rings. The summed E-state index contributed by atoms with van der Waals surface area (Å²) in [5.74, 6) is -0.126. The Labute approximate surface area is 112 Å². The van der Waals surface area contributed by atoms with E-state index in [-0.39, 0.29) is 10.7 Å². The van der Waals surface area contributed by atoms with Gasteiger partial charge < -0.3 is 5.32 Å². The summed E-state index contributed by atoms with van der Waals surface area (Å²) in [5.41, 5.74) is 1.36. The number of hydrogen-bond donors (Lipinski definition) is 1. The quantitative estimate of drug-likeness (QED) is 0.861. The molecule has 1 heterocycles. The number of hydrogen-bond acceptors (Lipinski definition) is 2. The Balaban J connectivity index is 2.49. The monoisotopic (exact) mass is 312 g/mol. The van der Waals surface area contributed by atoms with Gasteiger partial charge in [-0.1, -0.05) is 33.6 Å².